The van der Waals surface area contributed by atoms with E-state index in [1.165, 1.54) is 12.1 Å². The van der Waals surface area contributed by atoms with Crippen LogP contribution in [0.4, 0.5) is 4.79 Å². The van der Waals surface area contributed by atoms with Gasteiger partial charge in [-0.1, -0.05) is 74.4 Å². The van der Waals surface area contributed by atoms with Crippen LogP contribution in [0, 0.1) is 0 Å². The van der Waals surface area contributed by atoms with Gasteiger partial charge >= 0.3 is 12.1 Å². The Bertz CT molecular complexity index is 974. The van der Waals surface area contributed by atoms with Gasteiger partial charge in [0, 0.05) is 0 Å². The van der Waals surface area contributed by atoms with Crippen LogP contribution in [0.5, 0.6) is 11.5 Å². The number of carbonyl (C=O) groups excluding carboxylic acids is 2. The molecule has 0 saturated carbocycles. The molecule has 2 atom stereocenters. The van der Waals surface area contributed by atoms with E-state index in [0.29, 0.717) is 11.5 Å². The molecule has 0 radical (unpaired) electrons. The van der Waals surface area contributed by atoms with E-state index in [4.69, 9.17) is 18.9 Å². The fraction of sp³-hybridized carbons (Fsp3) is 0.231. The van der Waals surface area contributed by atoms with Crippen molar-refractivity contribution in [3.63, 3.8) is 0 Å². The van der Waals surface area contributed by atoms with Crippen molar-refractivity contribution in [2.75, 3.05) is 19.8 Å². The van der Waals surface area contributed by atoms with Crippen molar-refractivity contribution in [1.82, 2.24) is 5.32 Å². The number of esters is 1. The third-order valence-corrected chi connectivity index (χ3v) is 4.42. The number of benzene rings is 2. The molecule has 1 amide bonds. The minimum absolute atomic E-state index is 0.00786. The van der Waals surface area contributed by atoms with Gasteiger partial charge in [0.2, 0.25) is 0 Å². The molecule has 0 spiro atoms. The monoisotopic (exact) mass is 467 g/mol. The van der Waals surface area contributed by atoms with Gasteiger partial charge in [-0.15, -0.1) is 0 Å². The van der Waals surface area contributed by atoms with Crippen LogP contribution in [0.25, 0.3) is 0 Å². The van der Waals surface area contributed by atoms with E-state index >= 15 is 0 Å². The van der Waals surface area contributed by atoms with Crippen molar-refractivity contribution >= 4 is 12.1 Å². The molecule has 180 valence electrons. The van der Waals surface area contributed by atoms with Crippen molar-refractivity contribution in [2.45, 2.75) is 18.8 Å². The maximum atomic E-state index is 12.6. The summed E-state index contributed by atoms with van der Waals surface area (Å²) in [6.07, 6.45) is 2.15. The van der Waals surface area contributed by atoms with Gasteiger partial charge in [-0.05, 0) is 23.3 Å². The summed E-state index contributed by atoms with van der Waals surface area (Å²) in [5, 5.41) is 13.4. The highest BCUT2D eigenvalue weighted by Crippen LogP contribution is 2.32. The third-order valence-electron chi connectivity index (χ3n) is 4.42. The second-order valence-corrected chi connectivity index (χ2v) is 6.95. The molecule has 0 aliphatic heterocycles. The number of rotatable bonds is 14. The molecule has 2 rings (SSSR count). The minimum Gasteiger partial charge on any atom is -0.486 e. The Hall–Kier alpha value is -4.04. The smallest absolute Gasteiger partial charge is 0.408 e. The van der Waals surface area contributed by atoms with Crippen LogP contribution in [0.2, 0.25) is 0 Å². The Labute approximate surface area is 199 Å². The number of hydrogen-bond donors (Lipinski definition) is 2. The topological polar surface area (TPSA) is 103 Å². The lowest BCUT2D eigenvalue weighted by Crippen LogP contribution is -2.46. The molecule has 0 aromatic heterocycles. The third kappa shape index (κ3) is 8.14. The molecule has 2 aromatic rings. The molecule has 2 N–H and O–H groups in total. The van der Waals surface area contributed by atoms with E-state index in [9.17, 15) is 14.7 Å². The summed E-state index contributed by atoms with van der Waals surface area (Å²) in [4.78, 5) is 25.0. The number of amides is 1. The molecule has 8 nitrogen and oxygen atoms in total. The van der Waals surface area contributed by atoms with Crippen LogP contribution in [0.3, 0.4) is 0 Å². The largest absolute Gasteiger partial charge is 0.486 e. The lowest BCUT2D eigenvalue weighted by molar-refractivity contribution is -0.148. The summed E-state index contributed by atoms with van der Waals surface area (Å²) in [6.45, 7) is 11.1. The van der Waals surface area contributed by atoms with Crippen LogP contribution in [0.15, 0.2) is 86.5 Å². The van der Waals surface area contributed by atoms with E-state index < -0.39 is 24.2 Å². The Balaban J connectivity index is 2.22. The van der Waals surface area contributed by atoms with E-state index in [1.807, 2.05) is 18.2 Å². The zero-order valence-electron chi connectivity index (χ0n) is 18.9. The SMILES string of the molecule is C=CCOC(=O)[C@@H](NC(=O)OCc1ccccc1)C(O)c1ccc(OCC=C)c(OCC=C)c1. The number of hydrogen-bond acceptors (Lipinski definition) is 7. The summed E-state index contributed by atoms with van der Waals surface area (Å²) < 4.78 is 21.4. The molecule has 0 aliphatic rings. The van der Waals surface area contributed by atoms with Gasteiger partial charge in [0.15, 0.2) is 17.5 Å². The Morgan fingerprint density at radius 2 is 1.53 bits per heavy atom. The van der Waals surface area contributed by atoms with Gasteiger partial charge in [0.1, 0.15) is 32.5 Å². The number of nitrogens with one attached hydrogen (secondary N) is 1. The first-order valence-corrected chi connectivity index (χ1v) is 10.5. The zero-order valence-corrected chi connectivity index (χ0v) is 18.9. The number of aliphatic hydroxyl groups is 1. The first-order valence-electron chi connectivity index (χ1n) is 10.5. The van der Waals surface area contributed by atoms with Crippen molar-refractivity contribution in [2.24, 2.45) is 0 Å². The van der Waals surface area contributed by atoms with E-state index in [1.54, 1.807) is 36.4 Å². The summed E-state index contributed by atoms with van der Waals surface area (Å²) in [5.74, 6) is -0.119. The van der Waals surface area contributed by atoms with Crippen molar-refractivity contribution < 1.29 is 33.6 Å². The quantitative estimate of drug-likeness (QED) is 0.321. The molecular formula is C26H29NO7. The average Bonchev–Trinajstić information content (AvgIpc) is 2.87. The molecule has 1 unspecified atom stereocenters. The van der Waals surface area contributed by atoms with Gasteiger partial charge in [-0.25, -0.2) is 9.59 Å². The Morgan fingerprint density at radius 1 is 0.882 bits per heavy atom. The van der Waals surface area contributed by atoms with Gasteiger partial charge in [0.05, 0.1) is 0 Å². The molecule has 0 saturated heterocycles. The van der Waals surface area contributed by atoms with Crippen molar-refractivity contribution in [3.8, 4) is 11.5 Å². The molecule has 34 heavy (non-hydrogen) atoms. The number of aliphatic hydroxyl groups excluding tert-OH is 1. The van der Waals surface area contributed by atoms with Crippen molar-refractivity contribution in [1.29, 1.82) is 0 Å². The summed E-state index contributed by atoms with van der Waals surface area (Å²) in [7, 11) is 0. The predicted molar refractivity (Wildman–Crippen MR) is 127 cm³/mol. The molecule has 0 fully saturated rings. The van der Waals surface area contributed by atoms with Crippen LogP contribution < -0.4 is 14.8 Å². The van der Waals surface area contributed by atoms with Gasteiger partial charge < -0.3 is 29.4 Å². The Kier molecular flexibility index (Phi) is 10.9. The minimum atomic E-state index is -1.47. The molecule has 0 bridgehead atoms. The van der Waals surface area contributed by atoms with Gasteiger partial charge in [0.25, 0.3) is 0 Å². The fourth-order valence-electron chi connectivity index (χ4n) is 2.82. The van der Waals surface area contributed by atoms with E-state index in [2.05, 4.69) is 25.1 Å². The van der Waals surface area contributed by atoms with Crippen LogP contribution in [-0.2, 0) is 20.9 Å². The maximum absolute atomic E-state index is 12.6. The normalized spacial score (nSPS) is 11.9. The molecular weight excluding hydrogens is 438 g/mol. The van der Waals surface area contributed by atoms with E-state index in [0.717, 1.165) is 5.56 Å². The highest BCUT2D eigenvalue weighted by molar-refractivity contribution is 5.82. The molecule has 2 aromatic carbocycles. The van der Waals surface area contributed by atoms with Crippen LogP contribution in [-0.4, -0.2) is 43.0 Å². The van der Waals surface area contributed by atoms with Crippen LogP contribution in [0.1, 0.15) is 17.2 Å². The number of carbonyl (C=O) groups is 2. The lowest BCUT2D eigenvalue weighted by atomic mass is 10.0. The summed E-state index contributed by atoms with van der Waals surface area (Å²) >= 11 is 0. The summed E-state index contributed by atoms with van der Waals surface area (Å²) in [5.41, 5.74) is 1.05. The highest BCUT2D eigenvalue weighted by atomic mass is 16.6. The molecule has 8 heteroatoms. The highest BCUT2D eigenvalue weighted by Gasteiger charge is 2.32. The number of alkyl carbamates (subject to hydrolysis) is 1. The maximum Gasteiger partial charge on any atom is 0.408 e. The molecule has 0 aliphatic carbocycles. The first kappa shape index (κ1) is 26.2. The standard InChI is InChI=1S/C26H29NO7/c1-4-14-31-21-13-12-20(17-22(21)32-15-5-2)24(28)23(25(29)33-16-6-3)27-26(30)34-18-19-10-8-7-9-11-19/h4-13,17,23-24,28H,1-3,14-16,18H2,(H,27,30)/t23-,24?/m0/s1. The summed E-state index contributed by atoms with van der Waals surface area (Å²) in [6, 6.07) is 12.2. The second-order valence-electron chi connectivity index (χ2n) is 6.95. The predicted octanol–water partition coefficient (Wildman–Crippen LogP) is 3.87. The van der Waals surface area contributed by atoms with Crippen LogP contribution >= 0.6 is 0 Å². The molecule has 0 heterocycles. The second kappa shape index (κ2) is 14.2. The van der Waals surface area contributed by atoms with Gasteiger partial charge in [-0.3, -0.25) is 0 Å². The lowest BCUT2D eigenvalue weighted by Gasteiger charge is -2.23. The average molecular weight is 468 g/mol. The zero-order chi connectivity index (χ0) is 24.8. The van der Waals surface area contributed by atoms with E-state index in [-0.39, 0.29) is 32.0 Å². The fourth-order valence-corrected chi connectivity index (χ4v) is 2.82. The Morgan fingerprint density at radius 3 is 2.18 bits per heavy atom. The number of ether oxygens (including phenoxy) is 4. The van der Waals surface area contributed by atoms with Crippen molar-refractivity contribution in [3.05, 3.63) is 97.6 Å². The van der Waals surface area contributed by atoms with Gasteiger partial charge in [-0.2, -0.15) is 0 Å². The first-order chi connectivity index (χ1) is 16.5.